The van der Waals surface area contributed by atoms with Crippen molar-refractivity contribution in [1.29, 1.82) is 0 Å². The molecule has 19 heavy (non-hydrogen) atoms. The Morgan fingerprint density at radius 2 is 2.26 bits per heavy atom. The van der Waals surface area contributed by atoms with Crippen LogP contribution >= 0.6 is 0 Å². The summed E-state index contributed by atoms with van der Waals surface area (Å²) in [5.74, 6) is -0.659. The maximum absolute atomic E-state index is 11.0. The molecular formula is C16H19NO2. The lowest BCUT2D eigenvalue weighted by Gasteiger charge is -2.16. The molecule has 0 aliphatic carbocycles. The maximum Gasteiger partial charge on any atom is 0.303 e. The van der Waals surface area contributed by atoms with Crippen molar-refractivity contribution >= 4 is 16.9 Å². The van der Waals surface area contributed by atoms with Crippen LogP contribution in [-0.4, -0.2) is 15.6 Å². The quantitative estimate of drug-likeness (QED) is 0.914. The monoisotopic (exact) mass is 257 g/mol. The molecule has 1 aromatic carbocycles. The van der Waals surface area contributed by atoms with Crippen molar-refractivity contribution in [2.45, 2.75) is 45.6 Å². The average molecular weight is 257 g/mol. The van der Waals surface area contributed by atoms with E-state index in [-0.39, 0.29) is 12.3 Å². The molecule has 0 radical (unpaired) electrons. The summed E-state index contributed by atoms with van der Waals surface area (Å²) in [5, 5.41) is 10.3. The zero-order valence-electron chi connectivity index (χ0n) is 11.4. The number of carbonyl (C=O) groups is 1. The van der Waals surface area contributed by atoms with Gasteiger partial charge < -0.3 is 9.67 Å². The van der Waals surface area contributed by atoms with E-state index in [0.717, 1.165) is 13.0 Å². The number of para-hydroxylation sites is 1. The summed E-state index contributed by atoms with van der Waals surface area (Å²) in [6.45, 7) is 5.20. The fourth-order valence-electron chi connectivity index (χ4n) is 3.53. The number of aliphatic carboxylic acids is 1. The summed E-state index contributed by atoms with van der Waals surface area (Å²) < 4.78 is 2.38. The number of aromatic nitrogens is 1. The highest BCUT2D eigenvalue weighted by Gasteiger charge is 2.23. The summed E-state index contributed by atoms with van der Waals surface area (Å²) in [4.78, 5) is 11.0. The van der Waals surface area contributed by atoms with Gasteiger partial charge in [-0.2, -0.15) is 0 Å². The van der Waals surface area contributed by atoms with Crippen LogP contribution in [0, 0.1) is 6.92 Å². The van der Waals surface area contributed by atoms with Crippen LogP contribution in [0.2, 0.25) is 0 Å². The van der Waals surface area contributed by atoms with E-state index in [1.165, 1.54) is 34.1 Å². The first-order valence-corrected chi connectivity index (χ1v) is 6.92. The Morgan fingerprint density at radius 3 is 3.00 bits per heavy atom. The molecule has 0 amide bonds. The Bertz CT molecular complexity index is 654. The Labute approximate surface area is 112 Å². The number of hydrogen-bond acceptors (Lipinski definition) is 1. The zero-order chi connectivity index (χ0) is 13.6. The summed E-state index contributed by atoms with van der Waals surface area (Å²) >= 11 is 0. The Hall–Kier alpha value is -1.77. The third-order valence-corrected chi connectivity index (χ3v) is 4.28. The van der Waals surface area contributed by atoms with E-state index in [1.807, 2.05) is 6.92 Å². The maximum atomic E-state index is 11.0. The molecule has 1 atom stereocenters. The standard InChI is InChI=1S/C16H19NO2/c1-10(9-14(18)19)15-11(2)17-8-4-6-12-5-3-7-13(15)16(12)17/h3,5,7,10H,4,6,8-9H2,1-2H3,(H,18,19). The molecule has 3 heteroatoms. The lowest BCUT2D eigenvalue weighted by molar-refractivity contribution is -0.137. The predicted molar refractivity (Wildman–Crippen MR) is 75.7 cm³/mol. The average Bonchev–Trinajstić information content (AvgIpc) is 2.65. The van der Waals surface area contributed by atoms with Gasteiger partial charge in [0.1, 0.15) is 0 Å². The third-order valence-electron chi connectivity index (χ3n) is 4.28. The van der Waals surface area contributed by atoms with E-state index < -0.39 is 5.97 Å². The Balaban J connectivity index is 2.23. The van der Waals surface area contributed by atoms with Gasteiger partial charge in [-0.15, -0.1) is 0 Å². The molecular weight excluding hydrogens is 238 g/mol. The van der Waals surface area contributed by atoms with E-state index in [2.05, 4.69) is 29.7 Å². The highest BCUT2D eigenvalue weighted by atomic mass is 16.4. The van der Waals surface area contributed by atoms with Gasteiger partial charge in [0.2, 0.25) is 0 Å². The van der Waals surface area contributed by atoms with Crippen molar-refractivity contribution in [2.75, 3.05) is 0 Å². The Kier molecular flexibility index (Phi) is 2.85. The predicted octanol–water partition coefficient (Wildman–Crippen LogP) is 3.47. The van der Waals surface area contributed by atoms with Crippen LogP contribution < -0.4 is 0 Å². The molecule has 1 unspecified atom stereocenters. The number of nitrogens with zero attached hydrogens (tertiary/aromatic N) is 1. The molecule has 2 heterocycles. The number of rotatable bonds is 3. The number of carboxylic acids is 1. The second-order valence-electron chi connectivity index (χ2n) is 5.57. The first kappa shape index (κ1) is 12.3. The van der Waals surface area contributed by atoms with Crippen LogP contribution in [0.25, 0.3) is 10.9 Å². The third kappa shape index (κ3) is 1.84. The normalized spacial score (nSPS) is 15.7. The van der Waals surface area contributed by atoms with Gasteiger partial charge in [0.25, 0.3) is 0 Å². The van der Waals surface area contributed by atoms with Gasteiger partial charge in [0, 0.05) is 17.6 Å². The first-order valence-electron chi connectivity index (χ1n) is 6.92. The second-order valence-corrected chi connectivity index (χ2v) is 5.57. The summed E-state index contributed by atoms with van der Waals surface area (Å²) in [5.41, 5.74) is 5.20. The smallest absolute Gasteiger partial charge is 0.303 e. The van der Waals surface area contributed by atoms with Gasteiger partial charge in [-0.25, -0.2) is 0 Å². The first-order chi connectivity index (χ1) is 9.09. The van der Waals surface area contributed by atoms with Gasteiger partial charge in [0.15, 0.2) is 0 Å². The van der Waals surface area contributed by atoms with Gasteiger partial charge in [-0.3, -0.25) is 4.79 Å². The molecule has 0 saturated carbocycles. The molecule has 1 aliphatic rings. The van der Waals surface area contributed by atoms with Gasteiger partial charge >= 0.3 is 5.97 Å². The molecule has 0 fully saturated rings. The van der Waals surface area contributed by atoms with Crippen molar-refractivity contribution in [3.05, 3.63) is 35.0 Å². The zero-order valence-corrected chi connectivity index (χ0v) is 11.4. The summed E-state index contributed by atoms with van der Waals surface area (Å²) in [7, 11) is 0. The minimum atomic E-state index is -0.723. The topological polar surface area (TPSA) is 42.2 Å². The van der Waals surface area contributed by atoms with Crippen LogP contribution in [0.1, 0.15) is 42.5 Å². The minimum Gasteiger partial charge on any atom is -0.481 e. The van der Waals surface area contributed by atoms with Crippen LogP contribution in [0.5, 0.6) is 0 Å². The molecule has 1 aliphatic heterocycles. The Morgan fingerprint density at radius 1 is 1.47 bits per heavy atom. The number of hydrogen-bond donors (Lipinski definition) is 1. The number of aryl methyl sites for hydroxylation is 2. The van der Waals surface area contributed by atoms with Crippen LogP contribution in [0.15, 0.2) is 18.2 Å². The van der Waals surface area contributed by atoms with Crippen molar-refractivity contribution in [2.24, 2.45) is 0 Å². The lowest BCUT2D eigenvalue weighted by atomic mass is 9.94. The number of carboxylic acid groups (broad SMARTS) is 1. The highest BCUT2D eigenvalue weighted by molar-refractivity contribution is 5.89. The fourth-order valence-corrected chi connectivity index (χ4v) is 3.53. The van der Waals surface area contributed by atoms with Crippen molar-refractivity contribution in [3.63, 3.8) is 0 Å². The van der Waals surface area contributed by atoms with Gasteiger partial charge in [-0.1, -0.05) is 25.1 Å². The highest BCUT2D eigenvalue weighted by Crippen LogP contribution is 2.37. The van der Waals surface area contributed by atoms with Crippen LogP contribution in [0.4, 0.5) is 0 Å². The molecule has 0 saturated heterocycles. The molecule has 1 aromatic heterocycles. The molecule has 0 spiro atoms. The molecule has 3 nitrogen and oxygen atoms in total. The van der Waals surface area contributed by atoms with Crippen molar-refractivity contribution in [3.8, 4) is 0 Å². The molecule has 100 valence electrons. The fraction of sp³-hybridized carbons (Fsp3) is 0.438. The van der Waals surface area contributed by atoms with Gasteiger partial charge in [-0.05, 0) is 36.8 Å². The van der Waals surface area contributed by atoms with E-state index in [9.17, 15) is 4.79 Å². The van der Waals surface area contributed by atoms with Crippen LogP contribution in [0.3, 0.4) is 0 Å². The van der Waals surface area contributed by atoms with E-state index in [1.54, 1.807) is 0 Å². The number of benzene rings is 1. The SMILES string of the molecule is Cc1c(C(C)CC(=O)O)c2cccc3c2n1CCC3. The molecule has 3 rings (SSSR count). The van der Waals surface area contributed by atoms with Crippen molar-refractivity contribution < 1.29 is 9.90 Å². The minimum absolute atomic E-state index is 0.0644. The van der Waals surface area contributed by atoms with Crippen molar-refractivity contribution in [1.82, 2.24) is 4.57 Å². The van der Waals surface area contributed by atoms with Crippen LogP contribution in [-0.2, 0) is 17.8 Å². The van der Waals surface area contributed by atoms with E-state index >= 15 is 0 Å². The molecule has 0 bridgehead atoms. The molecule has 1 N–H and O–H groups in total. The summed E-state index contributed by atoms with van der Waals surface area (Å²) in [6.07, 6.45) is 2.51. The van der Waals surface area contributed by atoms with E-state index in [0.29, 0.717) is 0 Å². The lowest BCUT2D eigenvalue weighted by Crippen LogP contribution is -2.09. The molecule has 2 aromatic rings. The second kappa shape index (κ2) is 4.41. The van der Waals surface area contributed by atoms with E-state index in [4.69, 9.17) is 5.11 Å². The summed E-state index contributed by atoms with van der Waals surface area (Å²) in [6, 6.07) is 6.44. The largest absolute Gasteiger partial charge is 0.481 e. The van der Waals surface area contributed by atoms with Gasteiger partial charge in [0.05, 0.1) is 11.9 Å².